The summed E-state index contributed by atoms with van der Waals surface area (Å²) in [5.74, 6) is 0. The normalized spacial score (nSPS) is 11.2. The maximum atomic E-state index is 10.4. The summed E-state index contributed by atoms with van der Waals surface area (Å²) in [7, 11) is 0. The molecule has 0 aliphatic heterocycles. The molecule has 0 atom stereocenters. The molecule has 16 heavy (non-hydrogen) atoms. The topological polar surface area (TPSA) is 68.1 Å². The van der Waals surface area contributed by atoms with E-state index in [-0.39, 0.29) is 0 Å². The van der Waals surface area contributed by atoms with Crippen molar-refractivity contribution in [1.82, 2.24) is 10.3 Å². The van der Waals surface area contributed by atoms with Crippen molar-refractivity contribution >= 4 is 11.6 Å². The Balaban J connectivity index is 2.75. The van der Waals surface area contributed by atoms with E-state index in [1.165, 1.54) is 0 Å². The molecule has 0 spiro atoms. The molecule has 0 aliphatic carbocycles. The van der Waals surface area contributed by atoms with E-state index in [4.69, 9.17) is 11.6 Å². The fourth-order valence-corrected chi connectivity index (χ4v) is 1.35. The fraction of sp³-hybridized carbons (Fsp3) is 0.300. The Morgan fingerprint density at radius 2 is 2.44 bits per heavy atom. The van der Waals surface area contributed by atoms with E-state index in [2.05, 4.69) is 10.3 Å². The molecule has 0 saturated heterocycles. The minimum atomic E-state index is -0.471. The van der Waals surface area contributed by atoms with E-state index in [1.54, 1.807) is 18.3 Å². The van der Waals surface area contributed by atoms with Gasteiger partial charge in [-0.05, 0) is 18.6 Å². The maximum Gasteiger partial charge on any atom is 0.253 e. The lowest BCUT2D eigenvalue weighted by atomic mass is 10.2. The van der Waals surface area contributed by atoms with Crippen LogP contribution in [0.15, 0.2) is 30.2 Å². The van der Waals surface area contributed by atoms with Gasteiger partial charge in [0.15, 0.2) is 0 Å². The molecule has 1 aromatic rings. The highest BCUT2D eigenvalue weighted by molar-refractivity contribution is 6.29. The lowest BCUT2D eigenvalue weighted by Crippen LogP contribution is -2.15. The second-order valence-corrected chi connectivity index (χ2v) is 3.52. The van der Waals surface area contributed by atoms with E-state index in [0.29, 0.717) is 23.8 Å². The van der Waals surface area contributed by atoms with Gasteiger partial charge in [-0.3, -0.25) is 10.1 Å². The Kier molecular flexibility index (Phi) is 4.72. The lowest BCUT2D eigenvalue weighted by Gasteiger charge is -2.05. The largest absolute Gasteiger partial charge is 0.383 e. The second kappa shape index (κ2) is 6.07. The molecular formula is C10H12ClN3O2. The average molecular weight is 242 g/mol. The van der Waals surface area contributed by atoms with Gasteiger partial charge < -0.3 is 5.32 Å². The van der Waals surface area contributed by atoms with Gasteiger partial charge in [0.05, 0.1) is 10.6 Å². The molecule has 1 aromatic heterocycles. The smallest absolute Gasteiger partial charge is 0.253 e. The van der Waals surface area contributed by atoms with Crippen LogP contribution in [0, 0.1) is 10.1 Å². The van der Waals surface area contributed by atoms with Crippen molar-refractivity contribution < 1.29 is 4.92 Å². The monoisotopic (exact) mass is 241 g/mol. The Hall–Kier alpha value is -1.62. The van der Waals surface area contributed by atoms with Crippen LogP contribution in [0.1, 0.15) is 12.5 Å². The van der Waals surface area contributed by atoms with Crippen molar-refractivity contribution in [3.8, 4) is 0 Å². The molecule has 5 nitrogen and oxygen atoms in total. The highest BCUT2D eigenvalue weighted by Gasteiger charge is 2.04. The molecule has 1 heterocycles. The molecule has 0 bridgehead atoms. The van der Waals surface area contributed by atoms with Crippen LogP contribution in [0.25, 0.3) is 0 Å². The molecule has 1 N–H and O–H groups in total. The lowest BCUT2D eigenvalue weighted by molar-refractivity contribution is -0.403. The first-order valence-corrected chi connectivity index (χ1v) is 5.18. The van der Waals surface area contributed by atoms with Crippen LogP contribution in [0.5, 0.6) is 0 Å². The number of hydrogen-bond donors (Lipinski definition) is 1. The predicted molar refractivity (Wildman–Crippen MR) is 61.7 cm³/mol. The van der Waals surface area contributed by atoms with Gasteiger partial charge >= 0.3 is 0 Å². The van der Waals surface area contributed by atoms with Gasteiger partial charge in [0.1, 0.15) is 5.15 Å². The summed E-state index contributed by atoms with van der Waals surface area (Å²) in [5, 5.41) is 13.7. The van der Waals surface area contributed by atoms with Crippen LogP contribution in [0.4, 0.5) is 0 Å². The van der Waals surface area contributed by atoms with Crippen LogP contribution in [0.3, 0.4) is 0 Å². The van der Waals surface area contributed by atoms with Gasteiger partial charge in [0.2, 0.25) is 0 Å². The first kappa shape index (κ1) is 12.4. The SMILES string of the molecule is CCN/C(=C/[N+](=O)[O-])Cc1ccc(Cl)nc1. The number of aromatic nitrogens is 1. The van der Waals surface area contributed by atoms with Crippen molar-refractivity contribution in [2.45, 2.75) is 13.3 Å². The van der Waals surface area contributed by atoms with Gasteiger partial charge in [0, 0.05) is 19.2 Å². The molecule has 0 amide bonds. The minimum absolute atomic E-state index is 0.409. The summed E-state index contributed by atoms with van der Waals surface area (Å²) in [6, 6.07) is 3.45. The van der Waals surface area contributed by atoms with E-state index in [9.17, 15) is 10.1 Å². The zero-order valence-corrected chi connectivity index (χ0v) is 9.57. The molecule has 1 rings (SSSR count). The van der Waals surface area contributed by atoms with Crippen molar-refractivity contribution in [2.24, 2.45) is 0 Å². The number of nitrogens with zero attached hydrogens (tertiary/aromatic N) is 2. The number of nitro groups is 1. The van der Waals surface area contributed by atoms with E-state index in [0.717, 1.165) is 11.8 Å². The number of hydrogen-bond acceptors (Lipinski definition) is 4. The summed E-state index contributed by atoms with van der Waals surface area (Å²) in [6.07, 6.45) is 3.02. The van der Waals surface area contributed by atoms with Crippen molar-refractivity contribution in [1.29, 1.82) is 0 Å². The third-order valence-corrected chi connectivity index (χ3v) is 2.07. The van der Waals surface area contributed by atoms with Crippen molar-refractivity contribution in [3.05, 3.63) is 51.1 Å². The number of rotatable bonds is 5. The molecule has 0 fully saturated rings. The summed E-state index contributed by atoms with van der Waals surface area (Å²) in [6.45, 7) is 2.52. The standard InChI is InChI=1S/C10H12ClN3O2/c1-2-12-9(7-14(15)16)5-8-3-4-10(11)13-6-8/h3-4,6-7,12H,2,5H2,1H3/b9-7+. The highest BCUT2D eigenvalue weighted by atomic mass is 35.5. The highest BCUT2D eigenvalue weighted by Crippen LogP contribution is 2.08. The van der Waals surface area contributed by atoms with Crippen molar-refractivity contribution in [3.63, 3.8) is 0 Å². The van der Waals surface area contributed by atoms with Gasteiger partial charge in [-0.15, -0.1) is 0 Å². The van der Waals surface area contributed by atoms with Crippen molar-refractivity contribution in [2.75, 3.05) is 6.54 Å². The Morgan fingerprint density at radius 3 is 2.94 bits per heavy atom. The third-order valence-electron chi connectivity index (χ3n) is 1.85. The molecule has 6 heteroatoms. The number of pyridine rings is 1. The molecule has 0 unspecified atom stereocenters. The molecule has 0 aliphatic rings. The van der Waals surface area contributed by atoms with E-state index < -0.39 is 4.92 Å². The summed E-state index contributed by atoms with van der Waals surface area (Å²) >= 11 is 5.64. The van der Waals surface area contributed by atoms with Gasteiger partial charge in [-0.2, -0.15) is 0 Å². The summed E-state index contributed by atoms with van der Waals surface area (Å²) < 4.78 is 0. The number of likely N-dealkylation sites (N-methyl/N-ethyl adjacent to an activating group) is 1. The van der Waals surface area contributed by atoms with Gasteiger partial charge in [-0.25, -0.2) is 4.98 Å². The second-order valence-electron chi connectivity index (χ2n) is 3.14. The van der Waals surface area contributed by atoms with Gasteiger partial charge in [0.25, 0.3) is 6.20 Å². The predicted octanol–water partition coefficient (Wildman–Crippen LogP) is 2.01. The quantitative estimate of drug-likeness (QED) is 0.486. The first-order valence-electron chi connectivity index (χ1n) is 4.80. The summed E-state index contributed by atoms with van der Waals surface area (Å²) in [4.78, 5) is 13.8. The van der Waals surface area contributed by atoms with E-state index in [1.807, 2.05) is 6.92 Å². The third kappa shape index (κ3) is 4.27. The zero-order valence-electron chi connectivity index (χ0n) is 8.81. The fourth-order valence-electron chi connectivity index (χ4n) is 1.24. The van der Waals surface area contributed by atoms with Crippen LogP contribution in [-0.2, 0) is 6.42 Å². The minimum Gasteiger partial charge on any atom is -0.383 e. The van der Waals surface area contributed by atoms with Crippen LogP contribution in [0.2, 0.25) is 5.15 Å². The Morgan fingerprint density at radius 1 is 1.69 bits per heavy atom. The number of allylic oxidation sites excluding steroid dienone is 1. The zero-order chi connectivity index (χ0) is 12.0. The molecule has 86 valence electrons. The Labute approximate surface area is 98.3 Å². The summed E-state index contributed by atoms with van der Waals surface area (Å²) in [5.41, 5.74) is 1.43. The van der Waals surface area contributed by atoms with E-state index >= 15 is 0 Å². The average Bonchev–Trinajstić information content (AvgIpc) is 2.21. The Bertz CT molecular complexity index is 390. The molecule has 0 aromatic carbocycles. The number of halogens is 1. The maximum absolute atomic E-state index is 10.4. The first-order chi connectivity index (χ1) is 7.61. The van der Waals surface area contributed by atoms with Crippen LogP contribution in [-0.4, -0.2) is 16.5 Å². The molecular weight excluding hydrogens is 230 g/mol. The number of nitrogens with one attached hydrogen (secondary N) is 1. The van der Waals surface area contributed by atoms with Gasteiger partial charge in [-0.1, -0.05) is 17.7 Å². The molecule has 0 saturated carbocycles. The van der Waals surface area contributed by atoms with Crippen LogP contribution >= 0.6 is 11.6 Å². The van der Waals surface area contributed by atoms with Crippen LogP contribution < -0.4 is 5.32 Å². The molecule has 0 radical (unpaired) electrons.